The Balaban J connectivity index is 1.55. The van der Waals surface area contributed by atoms with E-state index in [0.717, 1.165) is 29.0 Å². The topological polar surface area (TPSA) is 88.2 Å². The minimum Gasteiger partial charge on any atom is -0.454 e. The zero-order valence-corrected chi connectivity index (χ0v) is 20.6. The van der Waals surface area contributed by atoms with E-state index in [-0.39, 0.29) is 17.9 Å². The SMILES string of the molecule is CCN1c2cc(C)c(/C=C3/C(=O)NC(=O)N(c4ccc5c(c4)OCO5)C3=O)cc2C(C)CC1(C)C. The van der Waals surface area contributed by atoms with Crippen LogP contribution in [-0.2, 0) is 9.59 Å². The van der Waals surface area contributed by atoms with Crippen molar-refractivity contribution in [1.29, 1.82) is 0 Å². The van der Waals surface area contributed by atoms with E-state index in [4.69, 9.17) is 9.47 Å². The molecule has 2 aromatic carbocycles. The maximum absolute atomic E-state index is 13.4. The maximum atomic E-state index is 13.4. The number of anilines is 2. The molecule has 5 rings (SSSR count). The smallest absolute Gasteiger partial charge is 0.335 e. The van der Waals surface area contributed by atoms with E-state index in [2.05, 4.69) is 50.0 Å². The van der Waals surface area contributed by atoms with Crippen LogP contribution in [0.25, 0.3) is 6.08 Å². The number of carbonyl (C=O) groups is 3. The van der Waals surface area contributed by atoms with Gasteiger partial charge in [-0.05, 0) is 87.1 Å². The molecule has 1 atom stereocenters. The number of benzene rings is 2. The molecule has 182 valence electrons. The zero-order valence-electron chi connectivity index (χ0n) is 20.6. The molecule has 1 unspecified atom stereocenters. The van der Waals surface area contributed by atoms with Crippen LogP contribution in [0.4, 0.5) is 16.2 Å². The van der Waals surface area contributed by atoms with Crippen molar-refractivity contribution in [2.24, 2.45) is 0 Å². The van der Waals surface area contributed by atoms with Crippen LogP contribution in [0.2, 0.25) is 0 Å². The summed E-state index contributed by atoms with van der Waals surface area (Å²) in [6, 6.07) is 8.18. The number of ether oxygens (including phenoxy) is 2. The second-order valence-corrected chi connectivity index (χ2v) is 9.92. The van der Waals surface area contributed by atoms with Crippen LogP contribution in [0, 0.1) is 6.92 Å². The first-order valence-corrected chi connectivity index (χ1v) is 11.8. The average molecular weight is 476 g/mol. The first kappa shape index (κ1) is 23.0. The van der Waals surface area contributed by atoms with Crippen LogP contribution in [-0.4, -0.2) is 36.7 Å². The summed E-state index contributed by atoms with van der Waals surface area (Å²) in [7, 11) is 0. The fourth-order valence-corrected chi connectivity index (χ4v) is 5.48. The first-order chi connectivity index (χ1) is 16.6. The molecule has 0 radical (unpaired) electrons. The molecule has 0 saturated carbocycles. The monoisotopic (exact) mass is 475 g/mol. The molecule has 3 aliphatic rings. The second kappa shape index (κ2) is 8.15. The number of hydrogen-bond donors (Lipinski definition) is 1. The predicted molar refractivity (Wildman–Crippen MR) is 133 cm³/mol. The van der Waals surface area contributed by atoms with Crippen LogP contribution in [0.1, 0.15) is 56.7 Å². The lowest BCUT2D eigenvalue weighted by molar-refractivity contribution is -0.122. The summed E-state index contributed by atoms with van der Waals surface area (Å²) in [6.45, 7) is 11.8. The number of urea groups is 1. The number of rotatable bonds is 3. The Morgan fingerprint density at radius 3 is 2.60 bits per heavy atom. The highest BCUT2D eigenvalue weighted by Gasteiger charge is 2.39. The zero-order chi connectivity index (χ0) is 25.1. The highest BCUT2D eigenvalue weighted by atomic mass is 16.7. The van der Waals surface area contributed by atoms with Gasteiger partial charge >= 0.3 is 6.03 Å². The van der Waals surface area contributed by atoms with Gasteiger partial charge in [0.15, 0.2) is 11.5 Å². The number of fused-ring (bicyclic) bond motifs is 2. The molecule has 4 amide bonds. The van der Waals surface area contributed by atoms with E-state index in [1.807, 2.05) is 6.92 Å². The van der Waals surface area contributed by atoms with Crippen molar-refractivity contribution in [3.05, 3.63) is 52.6 Å². The molecule has 8 nitrogen and oxygen atoms in total. The van der Waals surface area contributed by atoms with Gasteiger partial charge in [-0.2, -0.15) is 0 Å². The molecule has 1 saturated heterocycles. The highest BCUT2D eigenvalue weighted by molar-refractivity contribution is 6.39. The van der Waals surface area contributed by atoms with Crippen LogP contribution in [0.5, 0.6) is 11.5 Å². The third-order valence-electron chi connectivity index (χ3n) is 7.11. The number of nitrogens with zero attached hydrogens (tertiary/aromatic N) is 2. The van der Waals surface area contributed by atoms with Gasteiger partial charge in [0, 0.05) is 23.8 Å². The molecular formula is C27H29N3O5. The van der Waals surface area contributed by atoms with Crippen LogP contribution < -0.4 is 24.6 Å². The van der Waals surface area contributed by atoms with Gasteiger partial charge in [-0.15, -0.1) is 0 Å². The average Bonchev–Trinajstić information content (AvgIpc) is 3.25. The summed E-state index contributed by atoms with van der Waals surface area (Å²) < 4.78 is 10.7. The molecule has 8 heteroatoms. The Labute approximate surface area is 204 Å². The van der Waals surface area contributed by atoms with Gasteiger partial charge in [0.05, 0.1) is 5.69 Å². The van der Waals surface area contributed by atoms with Gasteiger partial charge in [0.25, 0.3) is 11.8 Å². The molecule has 0 spiro atoms. The molecule has 0 aliphatic carbocycles. The van der Waals surface area contributed by atoms with E-state index in [1.54, 1.807) is 24.3 Å². The van der Waals surface area contributed by atoms with Crippen molar-refractivity contribution < 1.29 is 23.9 Å². The number of nitrogens with one attached hydrogen (secondary N) is 1. The van der Waals surface area contributed by atoms with Gasteiger partial charge in [-0.1, -0.05) is 6.92 Å². The van der Waals surface area contributed by atoms with Gasteiger partial charge in [0.2, 0.25) is 6.79 Å². The van der Waals surface area contributed by atoms with Crippen LogP contribution in [0.3, 0.4) is 0 Å². The minimum absolute atomic E-state index is 0.0400. The van der Waals surface area contributed by atoms with E-state index in [9.17, 15) is 14.4 Å². The van der Waals surface area contributed by atoms with Crippen molar-refractivity contribution in [3.63, 3.8) is 0 Å². The molecule has 3 aliphatic heterocycles. The van der Waals surface area contributed by atoms with Gasteiger partial charge in [0.1, 0.15) is 5.57 Å². The second-order valence-electron chi connectivity index (χ2n) is 9.92. The molecule has 1 N–H and O–H groups in total. The van der Waals surface area contributed by atoms with Gasteiger partial charge in [-0.3, -0.25) is 14.9 Å². The summed E-state index contributed by atoms with van der Waals surface area (Å²) in [6.07, 6.45) is 2.58. The number of amides is 4. The molecule has 0 bridgehead atoms. The minimum atomic E-state index is -0.799. The maximum Gasteiger partial charge on any atom is 0.335 e. The third-order valence-corrected chi connectivity index (χ3v) is 7.11. The lowest BCUT2D eigenvalue weighted by atomic mass is 9.79. The molecule has 0 aromatic heterocycles. The summed E-state index contributed by atoms with van der Waals surface area (Å²) in [5.74, 6) is -0.0947. The van der Waals surface area contributed by atoms with Crippen LogP contribution >= 0.6 is 0 Å². The Bertz CT molecular complexity index is 1300. The Hall–Kier alpha value is -3.81. The molecule has 35 heavy (non-hydrogen) atoms. The van der Waals surface area contributed by atoms with E-state index >= 15 is 0 Å². The molecule has 1 fully saturated rings. The van der Waals surface area contributed by atoms with Gasteiger partial charge in [-0.25, -0.2) is 9.69 Å². The summed E-state index contributed by atoms with van der Waals surface area (Å²) in [5.41, 5.74) is 4.35. The lowest BCUT2D eigenvalue weighted by Gasteiger charge is -2.47. The fourth-order valence-electron chi connectivity index (χ4n) is 5.48. The summed E-state index contributed by atoms with van der Waals surface area (Å²) in [4.78, 5) is 42.1. The number of carbonyl (C=O) groups excluding carboxylic acids is 3. The van der Waals surface area contributed by atoms with Gasteiger partial charge < -0.3 is 14.4 Å². The number of barbiturate groups is 1. The summed E-state index contributed by atoms with van der Waals surface area (Å²) >= 11 is 0. The van der Waals surface area contributed by atoms with Crippen molar-refractivity contribution >= 4 is 35.3 Å². The van der Waals surface area contributed by atoms with E-state index < -0.39 is 17.8 Å². The normalized spacial score (nSPS) is 21.9. The summed E-state index contributed by atoms with van der Waals surface area (Å²) in [5, 5.41) is 2.29. The molecular weight excluding hydrogens is 446 g/mol. The number of hydrogen-bond acceptors (Lipinski definition) is 6. The van der Waals surface area contributed by atoms with Crippen molar-refractivity contribution in [2.45, 2.75) is 52.5 Å². The predicted octanol–water partition coefficient (Wildman–Crippen LogP) is 4.50. The fraction of sp³-hybridized carbons (Fsp3) is 0.370. The quantitative estimate of drug-likeness (QED) is 0.519. The number of imide groups is 2. The lowest BCUT2D eigenvalue weighted by Crippen LogP contribution is -2.54. The van der Waals surface area contributed by atoms with E-state index in [0.29, 0.717) is 23.1 Å². The third kappa shape index (κ3) is 3.73. The molecule has 2 aromatic rings. The van der Waals surface area contributed by atoms with E-state index in [1.165, 1.54) is 11.3 Å². The van der Waals surface area contributed by atoms with Crippen molar-refractivity contribution in [3.8, 4) is 11.5 Å². The Morgan fingerprint density at radius 2 is 1.86 bits per heavy atom. The van der Waals surface area contributed by atoms with Crippen molar-refractivity contribution in [1.82, 2.24) is 5.32 Å². The van der Waals surface area contributed by atoms with Crippen molar-refractivity contribution in [2.75, 3.05) is 23.1 Å². The molecule has 3 heterocycles. The first-order valence-electron chi connectivity index (χ1n) is 11.8. The van der Waals surface area contributed by atoms with Crippen LogP contribution in [0.15, 0.2) is 35.9 Å². The number of aryl methyl sites for hydroxylation is 1. The highest BCUT2D eigenvalue weighted by Crippen LogP contribution is 2.44. The Kier molecular flexibility index (Phi) is 5.34. The standard InChI is InChI=1S/C27H29N3O5/c1-6-29-21-9-15(2)17(10-19(21)16(3)13-27(29,4)5)11-20-24(31)28-26(33)30(25(20)32)18-7-8-22-23(12-18)35-14-34-22/h7-12,16H,6,13-14H2,1-5H3,(H,28,31,33)/b20-11-. The Morgan fingerprint density at radius 1 is 1.11 bits per heavy atom. The largest absolute Gasteiger partial charge is 0.454 e.